The predicted octanol–water partition coefficient (Wildman–Crippen LogP) is 3.47. The van der Waals surface area contributed by atoms with Crippen LogP contribution in [0.25, 0.3) is 0 Å². The molecule has 0 spiro atoms. The monoisotopic (exact) mass is 308 g/mol. The number of hydrogen-bond acceptors (Lipinski definition) is 3. The van der Waals surface area contributed by atoms with Gasteiger partial charge in [0.05, 0.1) is 0 Å². The van der Waals surface area contributed by atoms with Crippen molar-refractivity contribution in [3.8, 4) is 0 Å². The first-order valence-corrected chi connectivity index (χ1v) is 7.75. The van der Waals surface area contributed by atoms with Crippen molar-refractivity contribution >= 4 is 6.09 Å². The average Bonchev–Trinajstić information content (AvgIpc) is 2.46. The highest BCUT2D eigenvalue weighted by molar-refractivity contribution is 5.68. The molecular weight excluding hydrogens is 283 g/mol. The number of benzene rings is 1. The van der Waals surface area contributed by atoms with Gasteiger partial charge < -0.3 is 15.4 Å². The maximum absolute atomic E-state index is 13.0. The Morgan fingerprint density at radius 2 is 1.82 bits per heavy atom. The van der Waals surface area contributed by atoms with Crippen LogP contribution in [-0.2, 0) is 4.74 Å². The molecule has 4 nitrogen and oxygen atoms in total. The number of likely N-dealkylation sites (tertiary alicyclic amines) is 1. The molecule has 1 heterocycles. The number of nitrogens with two attached hydrogens (primary N) is 1. The maximum Gasteiger partial charge on any atom is 0.410 e. The third kappa shape index (κ3) is 4.44. The van der Waals surface area contributed by atoms with E-state index in [2.05, 4.69) is 0 Å². The van der Waals surface area contributed by atoms with Gasteiger partial charge in [0.15, 0.2) is 0 Å². The summed E-state index contributed by atoms with van der Waals surface area (Å²) in [6.45, 7) is 6.88. The van der Waals surface area contributed by atoms with Crippen molar-refractivity contribution < 1.29 is 13.9 Å². The van der Waals surface area contributed by atoms with Gasteiger partial charge in [-0.1, -0.05) is 12.1 Å². The van der Waals surface area contributed by atoms with E-state index in [4.69, 9.17) is 10.5 Å². The Balaban J connectivity index is 1.89. The molecule has 1 aromatic carbocycles. The maximum atomic E-state index is 13.0. The van der Waals surface area contributed by atoms with Crippen LogP contribution in [0.4, 0.5) is 9.18 Å². The average molecular weight is 308 g/mol. The van der Waals surface area contributed by atoms with Gasteiger partial charge >= 0.3 is 6.09 Å². The molecule has 1 saturated heterocycles. The zero-order chi connectivity index (χ0) is 16.3. The summed E-state index contributed by atoms with van der Waals surface area (Å²) in [4.78, 5) is 13.8. The molecule has 122 valence electrons. The fourth-order valence-corrected chi connectivity index (χ4v) is 2.72. The summed E-state index contributed by atoms with van der Waals surface area (Å²) < 4.78 is 18.4. The Labute approximate surface area is 131 Å². The highest BCUT2D eigenvalue weighted by Gasteiger charge is 2.29. The van der Waals surface area contributed by atoms with Gasteiger partial charge in [-0.15, -0.1) is 0 Å². The minimum Gasteiger partial charge on any atom is -0.444 e. The largest absolute Gasteiger partial charge is 0.444 e. The molecule has 1 fully saturated rings. The molecule has 1 amide bonds. The van der Waals surface area contributed by atoms with Crippen molar-refractivity contribution in [1.29, 1.82) is 0 Å². The Hall–Kier alpha value is -1.62. The second-order valence-electron chi connectivity index (χ2n) is 6.88. The van der Waals surface area contributed by atoms with Crippen LogP contribution in [0.1, 0.15) is 45.2 Å². The first-order valence-electron chi connectivity index (χ1n) is 7.75. The zero-order valence-corrected chi connectivity index (χ0v) is 13.5. The first kappa shape index (κ1) is 16.7. The lowest BCUT2D eigenvalue weighted by Crippen LogP contribution is -2.43. The van der Waals surface area contributed by atoms with E-state index in [9.17, 15) is 9.18 Å². The molecule has 1 unspecified atom stereocenters. The van der Waals surface area contributed by atoms with Crippen molar-refractivity contribution in [1.82, 2.24) is 4.90 Å². The molecule has 5 heteroatoms. The summed E-state index contributed by atoms with van der Waals surface area (Å²) in [6.07, 6.45) is 1.40. The lowest BCUT2D eigenvalue weighted by Gasteiger charge is -2.35. The lowest BCUT2D eigenvalue weighted by molar-refractivity contribution is 0.0174. The fourth-order valence-electron chi connectivity index (χ4n) is 2.72. The van der Waals surface area contributed by atoms with E-state index < -0.39 is 5.60 Å². The van der Waals surface area contributed by atoms with Crippen LogP contribution in [0.3, 0.4) is 0 Å². The highest BCUT2D eigenvalue weighted by atomic mass is 19.1. The van der Waals surface area contributed by atoms with Crippen molar-refractivity contribution in [3.63, 3.8) is 0 Å². The molecule has 1 aromatic rings. The van der Waals surface area contributed by atoms with E-state index in [1.165, 1.54) is 12.1 Å². The number of nitrogens with zero attached hydrogens (tertiary/aromatic N) is 1. The molecule has 0 saturated carbocycles. The van der Waals surface area contributed by atoms with Crippen LogP contribution < -0.4 is 5.73 Å². The molecule has 22 heavy (non-hydrogen) atoms. The Morgan fingerprint density at radius 3 is 2.32 bits per heavy atom. The minimum absolute atomic E-state index is 0.124. The fraction of sp³-hybridized carbons (Fsp3) is 0.588. The van der Waals surface area contributed by atoms with Crippen LogP contribution in [0.2, 0.25) is 0 Å². The molecular formula is C17H25FN2O2. The molecule has 0 radical (unpaired) electrons. The van der Waals surface area contributed by atoms with Crippen molar-refractivity contribution in [2.45, 2.75) is 45.3 Å². The van der Waals surface area contributed by atoms with E-state index in [1.54, 1.807) is 17.0 Å². The predicted molar refractivity (Wildman–Crippen MR) is 83.9 cm³/mol. The summed E-state index contributed by atoms with van der Waals surface area (Å²) in [7, 11) is 0. The summed E-state index contributed by atoms with van der Waals surface area (Å²) in [5, 5.41) is 0. The van der Waals surface area contributed by atoms with Crippen LogP contribution in [-0.4, -0.2) is 29.7 Å². The van der Waals surface area contributed by atoms with Gasteiger partial charge in [0.25, 0.3) is 0 Å². The third-order valence-electron chi connectivity index (χ3n) is 3.95. The Bertz CT molecular complexity index is 502. The minimum atomic E-state index is -0.474. The number of carbonyl (C=O) groups is 1. The second kappa shape index (κ2) is 6.65. The van der Waals surface area contributed by atoms with E-state index in [0.717, 1.165) is 18.4 Å². The topological polar surface area (TPSA) is 55.6 Å². The summed E-state index contributed by atoms with van der Waals surface area (Å²) in [6, 6.07) is 6.22. The highest BCUT2D eigenvalue weighted by Crippen LogP contribution is 2.29. The molecule has 0 aliphatic carbocycles. The van der Waals surface area contributed by atoms with Crippen molar-refractivity contribution in [2.24, 2.45) is 11.7 Å². The molecule has 0 bridgehead atoms. The summed E-state index contributed by atoms with van der Waals surface area (Å²) in [5.41, 5.74) is 6.75. The number of halogens is 1. The normalized spacial score (nSPS) is 18.1. The van der Waals surface area contributed by atoms with Gasteiger partial charge in [-0.25, -0.2) is 9.18 Å². The number of amides is 1. The molecule has 2 N–H and O–H groups in total. The number of ether oxygens (including phenoxy) is 1. The van der Waals surface area contributed by atoms with Gasteiger partial charge in [0.2, 0.25) is 0 Å². The smallest absolute Gasteiger partial charge is 0.410 e. The molecule has 0 aromatic heterocycles. The summed E-state index contributed by atoms with van der Waals surface area (Å²) in [5.74, 6) is 0.0415. The quantitative estimate of drug-likeness (QED) is 0.910. The van der Waals surface area contributed by atoms with Crippen LogP contribution in [0, 0.1) is 11.7 Å². The van der Waals surface area contributed by atoms with Crippen molar-refractivity contribution in [3.05, 3.63) is 35.6 Å². The number of piperidine rings is 1. The number of hydrogen-bond donors (Lipinski definition) is 1. The van der Waals surface area contributed by atoms with E-state index in [-0.39, 0.29) is 18.0 Å². The van der Waals surface area contributed by atoms with Gasteiger partial charge in [0.1, 0.15) is 11.4 Å². The van der Waals surface area contributed by atoms with Gasteiger partial charge in [0, 0.05) is 19.1 Å². The zero-order valence-electron chi connectivity index (χ0n) is 13.5. The lowest BCUT2D eigenvalue weighted by atomic mass is 9.86. The number of rotatable bonds is 2. The molecule has 1 atom stereocenters. The summed E-state index contributed by atoms with van der Waals surface area (Å²) >= 11 is 0. The molecule has 2 rings (SSSR count). The van der Waals surface area contributed by atoms with E-state index >= 15 is 0 Å². The number of carbonyl (C=O) groups excluding carboxylic acids is 1. The van der Waals surface area contributed by atoms with E-state index in [0.29, 0.717) is 19.0 Å². The molecule has 1 aliphatic rings. The second-order valence-corrected chi connectivity index (χ2v) is 6.88. The van der Waals surface area contributed by atoms with Crippen LogP contribution in [0.5, 0.6) is 0 Å². The first-order chi connectivity index (χ1) is 10.3. The van der Waals surface area contributed by atoms with Gasteiger partial charge in [-0.3, -0.25) is 0 Å². The third-order valence-corrected chi connectivity index (χ3v) is 3.95. The standard InChI is InChI=1S/C17H25FN2O2/c1-17(2,3)22-16(21)20-10-8-13(9-11-20)15(19)12-4-6-14(18)7-5-12/h4-7,13,15H,8-11,19H2,1-3H3. The Morgan fingerprint density at radius 1 is 1.27 bits per heavy atom. The Kier molecular flexibility index (Phi) is 5.06. The van der Waals surface area contributed by atoms with Gasteiger partial charge in [-0.2, -0.15) is 0 Å². The van der Waals surface area contributed by atoms with E-state index in [1.807, 2.05) is 20.8 Å². The SMILES string of the molecule is CC(C)(C)OC(=O)N1CCC(C(N)c2ccc(F)cc2)CC1. The van der Waals surface area contributed by atoms with Crippen LogP contribution >= 0.6 is 0 Å². The molecule has 1 aliphatic heterocycles. The van der Waals surface area contributed by atoms with Crippen LogP contribution in [0.15, 0.2) is 24.3 Å². The van der Waals surface area contributed by atoms with Crippen molar-refractivity contribution in [2.75, 3.05) is 13.1 Å². The van der Waals surface area contributed by atoms with Gasteiger partial charge in [-0.05, 0) is 57.2 Å².